The maximum atomic E-state index is 12.2. The van der Waals surface area contributed by atoms with E-state index in [0.29, 0.717) is 19.0 Å². The fourth-order valence-electron chi connectivity index (χ4n) is 3.19. The van der Waals surface area contributed by atoms with Crippen molar-refractivity contribution in [2.24, 2.45) is 11.8 Å². The molecule has 0 saturated carbocycles. The van der Waals surface area contributed by atoms with Crippen molar-refractivity contribution in [3.8, 4) is 0 Å². The minimum Gasteiger partial charge on any atom is -0.444 e. The minimum absolute atomic E-state index is 0.0829. The number of rotatable bonds is 4. The zero-order valence-electron chi connectivity index (χ0n) is 17.4. The average Bonchev–Trinajstić information content (AvgIpc) is 2.44. The molecule has 150 valence electrons. The normalized spacial score (nSPS) is 18.7. The lowest BCUT2D eigenvalue weighted by molar-refractivity contribution is 0.0161. The predicted octanol–water partition coefficient (Wildman–Crippen LogP) is 4.35. The monoisotopic (exact) mass is 368 g/mol. The Kier molecular flexibility index (Phi) is 7.54. The highest BCUT2D eigenvalue weighted by atomic mass is 16.6. The van der Waals surface area contributed by atoms with Crippen LogP contribution < -0.4 is 5.32 Å². The summed E-state index contributed by atoms with van der Waals surface area (Å²) in [5.74, 6) is 0.486. The van der Waals surface area contributed by atoms with Crippen LogP contribution in [0, 0.1) is 11.8 Å². The molecule has 0 radical (unpaired) electrons. The Bertz CT molecular complexity index is 497. The highest BCUT2D eigenvalue weighted by Crippen LogP contribution is 2.29. The van der Waals surface area contributed by atoms with E-state index in [-0.39, 0.29) is 18.1 Å². The van der Waals surface area contributed by atoms with E-state index in [1.807, 2.05) is 54.5 Å². The van der Waals surface area contributed by atoms with Gasteiger partial charge in [0.05, 0.1) is 0 Å². The lowest BCUT2D eigenvalue weighted by atomic mass is 9.80. The maximum Gasteiger partial charge on any atom is 0.410 e. The van der Waals surface area contributed by atoms with Gasteiger partial charge in [-0.2, -0.15) is 0 Å². The molecule has 0 aromatic rings. The van der Waals surface area contributed by atoms with E-state index >= 15 is 0 Å². The molecular formula is C20H36N2O4. The number of nitrogens with one attached hydrogen (secondary N) is 1. The van der Waals surface area contributed by atoms with Crippen LogP contribution in [-0.2, 0) is 9.47 Å². The number of piperidine rings is 1. The Morgan fingerprint density at radius 3 is 2.00 bits per heavy atom. The molecule has 26 heavy (non-hydrogen) atoms. The fourth-order valence-corrected chi connectivity index (χ4v) is 3.19. The maximum absolute atomic E-state index is 12.2. The molecular weight excluding hydrogens is 332 g/mol. The molecule has 0 unspecified atom stereocenters. The Morgan fingerprint density at radius 1 is 1.08 bits per heavy atom. The van der Waals surface area contributed by atoms with Gasteiger partial charge in [0.1, 0.15) is 11.2 Å². The number of ether oxygens (including phenoxy) is 2. The van der Waals surface area contributed by atoms with E-state index in [1.54, 1.807) is 4.90 Å². The van der Waals surface area contributed by atoms with Crippen LogP contribution >= 0.6 is 0 Å². The smallest absolute Gasteiger partial charge is 0.410 e. The summed E-state index contributed by atoms with van der Waals surface area (Å²) in [6.07, 6.45) is 2.94. The van der Waals surface area contributed by atoms with Crippen LogP contribution in [-0.4, -0.2) is 47.4 Å². The Labute approximate surface area is 158 Å². The molecule has 0 aromatic carbocycles. The number of nitrogens with zero attached hydrogens (tertiary/aromatic N) is 1. The lowest BCUT2D eigenvalue weighted by Crippen LogP contribution is -2.47. The van der Waals surface area contributed by atoms with E-state index in [9.17, 15) is 9.59 Å². The van der Waals surface area contributed by atoms with Gasteiger partial charge in [-0.25, -0.2) is 9.59 Å². The number of likely N-dealkylation sites (tertiary alicyclic amines) is 1. The first-order chi connectivity index (χ1) is 11.8. The number of amides is 2. The second-order valence-corrected chi connectivity index (χ2v) is 9.05. The van der Waals surface area contributed by atoms with Crippen molar-refractivity contribution in [3.63, 3.8) is 0 Å². The van der Waals surface area contributed by atoms with Crippen LogP contribution in [0.5, 0.6) is 0 Å². The minimum atomic E-state index is -0.522. The zero-order valence-corrected chi connectivity index (χ0v) is 17.4. The number of hydrogen-bond acceptors (Lipinski definition) is 4. The zero-order chi connectivity index (χ0) is 20.1. The molecule has 6 nitrogen and oxygen atoms in total. The third-order valence-corrected chi connectivity index (χ3v) is 4.33. The molecule has 1 saturated heterocycles. The molecule has 0 bridgehead atoms. The first-order valence-electron chi connectivity index (χ1n) is 9.42. The van der Waals surface area contributed by atoms with Crippen molar-refractivity contribution in [3.05, 3.63) is 12.7 Å². The molecule has 0 aliphatic carbocycles. The van der Waals surface area contributed by atoms with Crippen LogP contribution in [0.25, 0.3) is 0 Å². The predicted molar refractivity (Wildman–Crippen MR) is 103 cm³/mol. The van der Waals surface area contributed by atoms with Gasteiger partial charge in [-0.15, -0.1) is 6.58 Å². The Balaban J connectivity index is 2.56. The van der Waals surface area contributed by atoms with Crippen molar-refractivity contribution in [2.75, 3.05) is 13.1 Å². The van der Waals surface area contributed by atoms with Crippen LogP contribution in [0.2, 0.25) is 0 Å². The van der Waals surface area contributed by atoms with Crippen molar-refractivity contribution in [1.29, 1.82) is 0 Å². The van der Waals surface area contributed by atoms with E-state index in [0.717, 1.165) is 12.8 Å². The number of carbonyl (C=O) groups excluding carboxylic acids is 2. The van der Waals surface area contributed by atoms with E-state index in [4.69, 9.17) is 9.47 Å². The lowest BCUT2D eigenvalue weighted by Gasteiger charge is -2.37. The van der Waals surface area contributed by atoms with E-state index < -0.39 is 17.3 Å². The summed E-state index contributed by atoms with van der Waals surface area (Å²) < 4.78 is 10.8. The standard InChI is InChI=1S/C20H36N2O4/c1-9-16(14(2)21-17(23)25-19(3,4)5)15-10-12-22(13-11-15)18(24)26-20(6,7)8/h9,14-16H,1,10-13H2,2-8H3,(H,21,23)/t14-,16-/m0/s1. The molecule has 1 fully saturated rings. The van der Waals surface area contributed by atoms with Gasteiger partial charge < -0.3 is 19.7 Å². The van der Waals surface area contributed by atoms with Crippen LogP contribution in [0.15, 0.2) is 12.7 Å². The molecule has 1 rings (SSSR count). The van der Waals surface area contributed by atoms with Crippen LogP contribution in [0.4, 0.5) is 9.59 Å². The quantitative estimate of drug-likeness (QED) is 0.749. The second kappa shape index (κ2) is 8.78. The molecule has 6 heteroatoms. The van der Waals surface area contributed by atoms with Crippen LogP contribution in [0.3, 0.4) is 0 Å². The summed E-state index contributed by atoms with van der Waals surface area (Å²) in [5, 5.41) is 2.91. The van der Waals surface area contributed by atoms with Crippen molar-refractivity contribution < 1.29 is 19.1 Å². The van der Waals surface area contributed by atoms with Gasteiger partial charge in [0.15, 0.2) is 0 Å². The molecule has 1 N–H and O–H groups in total. The van der Waals surface area contributed by atoms with Gasteiger partial charge in [-0.1, -0.05) is 6.08 Å². The topological polar surface area (TPSA) is 67.9 Å². The molecule has 0 spiro atoms. The number of hydrogen-bond donors (Lipinski definition) is 1. The Hall–Kier alpha value is -1.72. The number of alkyl carbamates (subject to hydrolysis) is 1. The largest absolute Gasteiger partial charge is 0.444 e. The third kappa shape index (κ3) is 7.67. The van der Waals surface area contributed by atoms with Gasteiger partial charge in [0.2, 0.25) is 0 Å². The molecule has 0 aromatic heterocycles. The number of carbonyl (C=O) groups is 2. The highest BCUT2D eigenvalue weighted by Gasteiger charge is 2.32. The van der Waals surface area contributed by atoms with Gasteiger partial charge in [-0.3, -0.25) is 0 Å². The second-order valence-electron chi connectivity index (χ2n) is 9.05. The summed E-state index contributed by atoms with van der Waals surface area (Å²) in [6.45, 7) is 18.4. The first-order valence-corrected chi connectivity index (χ1v) is 9.42. The fraction of sp³-hybridized carbons (Fsp3) is 0.800. The van der Waals surface area contributed by atoms with Crippen LogP contribution in [0.1, 0.15) is 61.3 Å². The van der Waals surface area contributed by atoms with Gasteiger partial charge in [0.25, 0.3) is 0 Å². The summed E-state index contributed by atoms with van der Waals surface area (Å²) >= 11 is 0. The summed E-state index contributed by atoms with van der Waals surface area (Å²) in [6, 6.07) is -0.0829. The first kappa shape index (κ1) is 22.3. The Morgan fingerprint density at radius 2 is 1.58 bits per heavy atom. The molecule has 1 heterocycles. The van der Waals surface area contributed by atoms with E-state index in [1.165, 1.54) is 0 Å². The SMILES string of the molecule is C=C[C@H](C1CCN(C(=O)OC(C)(C)C)CC1)[C@H](C)NC(=O)OC(C)(C)C. The summed E-state index contributed by atoms with van der Waals surface area (Å²) in [7, 11) is 0. The van der Waals surface area contributed by atoms with Crippen molar-refractivity contribution in [1.82, 2.24) is 10.2 Å². The van der Waals surface area contributed by atoms with Crippen molar-refractivity contribution in [2.45, 2.75) is 78.6 Å². The summed E-state index contributed by atoms with van der Waals surface area (Å²) in [4.78, 5) is 25.9. The van der Waals surface area contributed by atoms with E-state index in [2.05, 4.69) is 11.9 Å². The summed E-state index contributed by atoms with van der Waals surface area (Å²) in [5.41, 5.74) is -1.00. The van der Waals surface area contributed by atoms with Gasteiger partial charge in [-0.05, 0) is 73.1 Å². The van der Waals surface area contributed by atoms with Gasteiger partial charge in [0, 0.05) is 19.1 Å². The molecule has 2 amide bonds. The van der Waals surface area contributed by atoms with Crippen molar-refractivity contribution >= 4 is 12.2 Å². The molecule has 2 atom stereocenters. The molecule has 1 aliphatic heterocycles. The van der Waals surface area contributed by atoms with Gasteiger partial charge >= 0.3 is 12.2 Å². The third-order valence-electron chi connectivity index (χ3n) is 4.33. The highest BCUT2D eigenvalue weighted by molar-refractivity contribution is 5.68. The molecule has 1 aliphatic rings. The average molecular weight is 369 g/mol.